The number of nitroso groups, excluding NO2 is 1. The van der Waals surface area contributed by atoms with Gasteiger partial charge in [-0.1, -0.05) is 35.5 Å². The van der Waals surface area contributed by atoms with Crippen molar-refractivity contribution in [3.8, 4) is 0 Å². The van der Waals surface area contributed by atoms with Gasteiger partial charge in [-0.3, -0.25) is 9.79 Å². The van der Waals surface area contributed by atoms with Crippen LogP contribution in [-0.4, -0.2) is 45.2 Å². The largest absolute Gasteiger partial charge is 0.485 e. The molecule has 0 spiro atoms. The van der Waals surface area contributed by atoms with Crippen molar-refractivity contribution in [2.24, 2.45) is 10.2 Å². The van der Waals surface area contributed by atoms with Gasteiger partial charge in [0.1, 0.15) is 25.5 Å². The number of aliphatic imine (C=N–C) groups is 1. The van der Waals surface area contributed by atoms with E-state index in [4.69, 9.17) is 4.74 Å². The van der Waals surface area contributed by atoms with Gasteiger partial charge in [0, 0.05) is 24.2 Å². The van der Waals surface area contributed by atoms with Crippen molar-refractivity contribution in [2.75, 3.05) is 6.54 Å². The van der Waals surface area contributed by atoms with Gasteiger partial charge in [-0.05, 0) is 24.6 Å². The SMILES string of the molecule is CC1N=C2C(OCc3cncnc3)=CC=CN2C1C(=O)N[C@@H](CN=O)c1ccccc1. The quantitative estimate of drug-likeness (QED) is 0.660. The number of nitrogens with one attached hydrogen (secondary N) is 1. The zero-order valence-electron chi connectivity index (χ0n) is 17.0. The molecule has 2 unspecified atom stereocenters. The predicted molar refractivity (Wildman–Crippen MR) is 115 cm³/mol. The molecule has 9 heteroatoms. The number of benzene rings is 1. The lowest BCUT2D eigenvalue weighted by molar-refractivity contribution is -0.125. The summed E-state index contributed by atoms with van der Waals surface area (Å²) in [4.78, 5) is 38.5. The minimum absolute atomic E-state index is 0.0478. The molecule has 31 heavy (non-hydrogen) atoms. The number of carbonyl (C=O) groups is 1. The summed E-state index contributed by atoms with van der Waals surface area (Å²) in [6, 6.07) is 7.96. The van der Waals surface area contributed by atoms with E-state index in [0.717, 1.165) is 11.1 Å². The van der Waals surface area contributed by atoms with Gasteiger partial charge in [0.2, 0.25) is 5.91 Å². The number of hydrogen-bond acceptors (Lipinski definition) is 8. The van der Waals surface area contributed by atoms with Crippen molar-refractivity contribution < 1.29 is 9.53 Å². The molecule has 0 fully saturated rings. The average Bonchev–Trinajstić information content (AvgIpc) is 3.15. The lowest BCUT2D eigenvalue weighted by Crippen LogP contribution is -2.49. The van der Waals surface area contributed by atoms with Gasteiger partial charge in [-0.15, -0.1) is 0 Å². The molecule has 1 aromatic carbocycles. The summed E-state index contributed by atoms with van der Waals surface area (Å²) >= 11 is 0. The average molecular weight is 418 g/mol. The van der Waals surface area contributed by atoms with Crippen molar-refractivity contribution >= 4 is 11.7 Å². The Bertz CT molecular complexity index is 1020. The van der Waals surface area contributed by atoms with Gasteiger partial charge in [-0.25, -0.2) is 9.97 Å². The van der Waals surface area contributed by atoms with Crippen molar-refractivity contribution in [3.05, 3.63) is 89.2 Å². The number of fused-ring (bicyclic) bond motifs is 1. The molecule has 1 aromatic heterocycles. The Labute approximate surface area is 179 Å². The van der Waals surface area contributed by atoms with Crippen LogP contribution in [0.3, 0.4) is 0 Å². The molecule has 1 amide bonds. The minimum atomic E-state index is -0.559. The first-order valence-corrected chi connectivity index (χ1v) is 9.93. The summed E-state index contributed by atoms with van der Waals surface area (Å²) in [5.74, 6) is 0.936. The second-order valence-electron chi connectivity index (χ2n) is 7.24. The molecule has 1 N–H and O–H groups in total. The van der Waals surface area contributed by atoms with E-state index in [1.54, 1.807) is 23.5 Å². The molecule has 0 aliphatic carbocycles. The molecule has 158 valence electrons. The maximum Gasteiger partial charge on any atom is 0.245 e. The first-order chi connectivity index (χ1) is 15.2. The summed E-state index contributed by atoms with van der Waals surface area (Å²) in [6.07, 6.45) is 10.3. The number of rotatable bonds is 8. The number of carbonyl (C=O) groups excluding carboxylic acids is 1. The Kier molecular flexibility index (Phi) is 6.11. The molecule has 2 aliphatic rings. The third kappa shape index (κ3) is 4.50. The Morgan fingerprint density at radius 2 is 2.03 bits per heavy atom. The first kappa shape index (κ1) is 20.4. The molecule has 2 aromatic rings. The van der Waals surface area contributed by atoms with Gasteiger partial charge in [0.05, 0.1) is 12.1 Å². The summed E-state index contributed by atoms with van der Waals surface area (Å²) in [6.45, 7) is 2.12. The lowest BCUT2D eigenvalue weighted by Gasteiger charge is -2.29. The fraction of sp³-hybridized carbons (Fsp3) is 0.273. The van der Waals surface area contributed by atoms with E-state index in [-0.39, 0.29) is 18.5 Å². The number of amidine groups is 1. The van der Waals surface area contributed by atoms with Crippen LogP contribution in [0.4, 0.5) is 0 Å². The maximum absolute atomic E-state index is 13.2. The smallest absolute Gasteiger partial charge is 0.245 e. The maximum atomic E-state index is 13.2. The second kappa shape index (κ2) is 9.29. The van der Waals surface area contributed by atoms with Crippen molar-refractivity contribution in [3.63, 3.8) is 0 Å². The Balaban J connectivity index is 1.46. The van der Waals surface area contributed by atoms with Crippen LogP contribution < -0.4 is 5.32 Å². The van der Waals surface area contributed by atoms with E-state index in [0.29, 0.717) is 18.2 Å². The molecule has 4 rings (SSSR count). The van der Waals surface area contributed by atoms with E-state index in [2.05, 4.69) is 25.5 Å². The topological polar surface area (TPSA) is 109 Å². The summed E-state index contributed by atoms with van der Waals surface area (Å²) in [7, 11) is 0. The number of aromatic nitrogens is 2. The number of ether oxygens (including phenoxy) is 1. The van der Waals surface area contributed by atoms with Crippen LogP contribution in [0.15, 0.2) is 83.3 Å². The fourth-order valence-corrected chi connectivity index (χ4v) is 3.62. The van der Waals surface area contributed by atoms with Crippen LogP contribution in [-0.2, 0) is 16.1 Å². The number of nitrogens with zero attached hydrogens (tertiary/aromatic N) is 5. The highest BCUT2D eigenvalue weighted by Gasteiger charge is 2.41. The van der Waals surface area contributed by atoms with Gasteiger partial charge < -0.3 is 15.0 Å². The standard InChI is InChI=1S/C22H22N6O3/c1-15-20(22(29)27-18(12-25-30)17-6-3-2-4-7-17)28-9-5-8-19(21(28)26-15)31-13-16-10-23-14-24-11-16/h2-11,14-15,18,20H,12-13H2,1H3,(H,27,29)/t15?,18-,20?/m0/s1. The van der Waals surface area contributed by atoms with Crippen LogP contribution in [0.1, 0.15) is 24.1 Å². The van der Waals surface area contributed by atoms with E-state index >= 15 is 0 Å². The third-order valence-electron chi connectivity index (χ3n) is 5.09. The Morgan fingerprint density at radius 3 is 2.77 bits per heavy atom. The first-order valence-electron chi connectivity index (χ1n) is 9.93. The van der Waals surface area contributed by atoms with E-state index in [1.807, 2.05) is 49.4 Å². The second-order valence-corrected chi connectivity index (χ2v) is 7.24. The van der Waals surface area contributed by atoms with Crippen molar-refractivity contribution in [1.82, 2.24) is 20.2 Å². The molecule has 0 saturated heterocycles. The molecule has 0 saturated carbocycles. The molecule has 3 atom stereocenters. The molecule has 0 radical (unpaired) electrons. The number of hydrogen-bond donors (Lipinski definition) is 1. The Hall–Kier alpha value is -3.88. The number of allylic oxidation sites excluding steroid dienone is 2. The fourth-order valence-electron chi connectivity index (χ4n) is 3.62. The van der Waals surface area contributed by atoms with Crippen LogP contribution >= 0.6 is 0 Å². The van der Waals surface area contributed by atoms with Crippen LogP contribution in [0.5, 0.6) is 0 Å². The van der Waals surface area contributed by atoms with Crippen molar-refractivity contribution in [2.45, 2.75) is 31.7 Å². The number of amides is 1. The zero-order valence-corrected chi connectivity index (χ0v) is 17.0. The van der Waals surface area contributed by atoms with Crippen LogP contribution in [0.2, 0.25) is 0 Å². The molecule has 3 heterocycles. The lowest BCUT2D eigenvalue weighted by atomic mass is 10.0. The highest BCUT2D eigenvalue weighted by Crippen LogP contribution is 2.27. The van der Waals surface area contributed by atoms with E-state index in [1.165, 1.54) is 6.33 Å². The highest BCUT2D eigenvalue weighted by atomic mass is 16.5. The minimum Gasteiger partial charge on any atom is -0.485 e. The van der Waals surface area contributed by atoms with Gasteiger partial charge in [0.25, 0.3) is 0 Å². The van der Waals surface area contributed by atoms with Gasteiger partial charge in [-0.2, -0.15) is 4.91 Å². The predicted octanol–water partition coefficient (Wildman–Crippen LogP) is 2.50. The molecule has 2 aliphatic heterocycles. The third-order valence-corrected chi connectivity index (χ3v) is 5.09. The van der Waals surface area contributed by atoms with Gasteiger partial charge >= 0.3 is 0 Å². The highest BCUT2D eigenvalue weighted by molar-refractivity contribution is 6.03. The summed E-state index contributed by atoms with van der Waals surface area (Å²) < 4.78 is 5.92. The molecular weight excluding hydrogens is 396 g/mol. The van der Waals surface area contributed by atoms with E-state index in [9.17, 15) is 9.70 Å². The zero-order chi connectivity index (χ0) is 21.6. The van der Waals surface area contributed by atoms with Gasteiger partial charge in [0.15, 0.2) is 11.6 Å². The van der Waals surface area contributed by atoms with Crippen molar-refractivity contribution in [1.29, 1.82) is 0 Å². The molecule has 0 bridgehead atoms. The molecular formula is C22H22N6O3. The van der Waals surface area contributed by atoms with Crippen LogP contribution in [0.25, 0.3) is 0 Å². The normalized spacial score (nSPS) is 20.4. The van der Waals surface area contributed by atoms with E-state index < -0.39 is 12.1 Å². The Morgan fingerprint density at radius 1 is 1.26 bits per heavy atom. The van der Waals surface area contributed by atoms with Crippen LogP contribution in [0, 0.1) is 4.91 Å². The summed E-state index contributed by atoms with van der Waals surface area (Å²) in [5.41, 5.74) is 1.66. The monoisotopic (exact) mass is 418 g/mol. The summed E-state index contributed by atoms with van der Waals surface area (Å²) in [5, 5.41) is 5.95. The molecule has 9 nitrogen and oxygen atoms in total.